The third-order valence-corrected chi connectivity index (χ3v) is 3.77. The number of hydrogen-bond acceptors (Lipinski definition) is 6. The Morgan fingerprint density at radius 1 is 0.750 bits per heavy atom. The fourth-order valence-electron chi connectivity index (χ4n) is 2.50. The number of aliphatic hydroxyl groups excluding tert-OH is 5. The molecule has 112 valence electrons. The topological polar surface area (TPSA) is 113 Å². The van der Waals surface area contributed by atoms with E-state index in [-0.39, 0.29) is 0 Å². The third-order valence-electron chi connectivity index (χ3n) is 3.77. The summed E-state index contributed by atoms with van der Waals surface area (Å²) in [4.78, 5) is 0. The normalized spacial score (nSPS) is 37.9. The van der Waals surface area contributed by atoms with E-state index >= 15 is 0 Å². The lowest BCUT2D eigenvalue weighted by Gasteiger charge is -2.42. The highest BCUT2D eigenvalue weighted by Gasteiger charge is 2.47. The highest BCUT2D eigenvalue weighted by atomic mass is 16.4. The monoisotopic (exact) mass is 283 g/mol. The van der Waals surface area contributed by atoms with E-state index in [2.05, 4.69) is 5.32 Å². The Hall–Kier alpha value is -1.02. The predicted molar refractivity (Wildman–Crippen MR) is 72.0 cm³/mol. The van der Waals surface area contributed by atoms with Crippen molar-refractivity contribution in [2.24, 2.45) is 0 Å². The number of benzene rings is 1. The molecule has 0 bridgehead atoms. The molecular formula is C14H21NO5. The molecule has 1 aliphatic carbocycles. The van der Waals surface area contributed by atoms with Gasteiger partial charge in [-0.1, -0.05) is 30.3 Å². The molecule has 1 aliphatic rings. The number of nitrogens with one attached hydrogen (secondary N) is 1. The minimum Gasteiger partial charge on any atom is -0.389 e. The molecule has 1 aromatic rings. The number of rotatable bonds is 4. The fraction of sp³-hybridized carbons (Fsp3) is 0.571. The molecule has 6 atom stereocenters. The van der Waals surface area contributed by atoms with Gasteiger partial charge in [-0.25, -0.2) is 0 Å². The maximum atomic E-state index is 9.85. The molecule has 0 aromatic heterocycles. The molecule has 0 radical (unpaired) electrons. The maximum absolute atomic E-state index is 9.85. The fourth-order valence-corrected chi connectivity index (χ4v) is 2.50. The Morgan fingerprint density at radius 3 is 1.80 bits per heavy atom. The van der Waals surface area contributed by atoms with Crippen LogP contribution < -0.4 is 5.32 Å². The Bertz CT molecular complexity index is 399. The summed E-state index contributed by atoms with van der Waals surface area (Å²) in [6.07, 6.45) is -6.50. The molecule has 1 fully saturated rings. The Kier molecular flexibility index (Phi) is 5.09. The van der Waals surface area contributed by atoms with Gasteiger partial charge in [0.25, 0.3) is 0 Å². The zero-order chi connectivity index (χ0) is 14.7. The molecule has 1 saturated carbocycles. The predicted octanol–water partition coefficient (Wildman–Crippen LogP) is -1.99. The van der Waals surface area contributed by atoms with E-state index in [0.29, 0.717) is 13.0 Å². The first kappa shape index (κ1) is 15.4. The van der Waals surface area contributed by atoms with E-state index in [9.17, 15) is 25.5 Å². The first-order chi connectivity index (χ1) is 9.52. The SMILES string of the molecule is OC1[C@@H](O)[C@@H](O)C(NCCc2ccccc2)[C@H](O)[C@H]1O. The minimum atomic E-state index is -1.55. The number of hydrogen-bond donors (Lipinski definition) is 6. The van der Waals surface area contributed by atoms with E-state index in [0.717, 1.165) is 5.56 Å². The molecule has 6 nitrogen and oxygen atoms in total. The third kappa shape index (κ3) is 3.17. The van der Waals surface area contributed by atoms with Crippen molar-refractivity contribution >= 4 is 0 Å². The van der Waals surface area contributed by atoms with E-state index in [1.165, 1.54) is 0 Å². The average Bonchev–Trinajstić information content (AvgIpc) is 2.48. The van der Waals surface area contributed by atoms with Crippen molar-refractivity contribution < 1.29 is 25.5 Å². The van der Waals surface area contributed by atoms with Gasteiger partial charge < -0.3 is 30.8 Å². The summed E-state index contributed by atoms with van der Waals surface area (Å²) in [7, 11) is 0. The van der Waals surface area contributed by atoms with Crippen molar-refractivity contribution in [3.63, 3.8) is 0 Å². The maximum Gasteiger partial charge on any atom is 0.111 e. The lowest BCUT2D eigenvalue weighted by atomic mass is 9.83. The lowest BCUT2D eigenvalue weighted by molar-refractivity contribution is -0.190. The summed E-state index contributed by atoms with van der Waals surface area (Å²) in [6, 6.07) is 8.80. The first-order valence-electron chi connectivity index (χ1n) is 6.70. The van der Waals surface area contributed by atoms with E-state index in [4.69, 9.17) is 0 Å². The van der Waals surface area contributed by atoms with Crippen molar-refractivity contribution in [2.45, 2.75) is 43.0 Å². The van der Waals surface area contributed by atoms with Gasteiger partial charge in [0.05, 0.1) is 6.04 Å². The molecule has 0 heterocycles. The second-order valence-corrected chi connectivity index (χ2v) is 5.17. The smallest absolute Gasteiger partial charge is 0.111 e. The van der Waals surface area contributed by atoms with Gasteiger partial charge in [-0.3, -0.25) is 0 Å². The summed E-state index contributed by atoms with van der Waals surface area (Å²) in [5.41, 5.74) is 1.10. The Morgan fingerprint density at radius 2 is 1.25 bits per heavy atom. The first-order valence-corrected chi connectivity index (χ1v) is 6.70. The van der Waals surface area contributed by atoms with Crippen LogP contribution in [0.5, 0.6) is 0 Å². The van der Waals surface area contributed by atoms with Crippen LogP contribution >= 0.6 is 0 Å². The van der Waals surface area contributed by atoms with Gasteiger partial charge >= 0.3 is 0 Å². The summed E-state index contributed by atoms with van der Waals surface area (Å²) < 4.78 is 0. The molecule has 20 heavy (non-hydrogen) atoms. The van der Waals surface area contributed by atoms with E-state index in [1.807, 2.05) is 30.3 Å². The molecule has 0 spiro atoms. The summed E-state index contributed by atoms with van der Waals surface area (Å²) in [5, 5.41) is 51.3. The highest BCUT2D eigenvalue weighted by Crippen LogP contribution is 2.21. The molecule has 0 aliphatic heterocycles. The van der Waals surface area contributed by atoms with Crippen LogP contribution in [0.4, 0.5) is 0 Å². The van der Waals surface area contributed by atoms with Gasteiger partial charge in [0, 0.05) is 0 Å². The summed E-state index contributed by atoms with van der Waals surface area (Å²) in [5.74, 6) is 0. The highest BCUT2D eigenvalue weighted by molar-refractivity contribution is 5.15. The molecule has 2 unspecified atom stereocenters. The second kappa shape index (κ2) is 6.62. The van der Waals surface area contributed by atoms with Crippen LogP contribution in [0.2, 0.25) is 0 Å². The summed E-state index contributed by atoms with van der Waals surface area (Å²) >= 11 is 0. The lowest BCUT2D eigenvalue weighted by Crippen LogP contribution is -2.67. The Balaban J connectivity index is 1.91. The van der Waals surface area contributed by atoms with Crippen molar-refractivity contribution in [1.82, 2.24) is 5.32 Å². The molecule has 0 amide bonds. The quantitative estimate of drug-likeness (QED) is 0.381. The van der Waals surface area contributed by atoms with Crippen LogP contribution in [0.15, 0.2) is 30.3 Å². The van der Waals surface area contributed by atoms with Crippen LogP contribution in [-0.2, 0) is 6.42 Å². The molecule has 0 saturated heterocycles. The molecule has 6 heteroatoms. The van der Waals surface area contributed by atoms with E-state index in [1.54, 1.807) is 0 Å². The zero-order valence-electron chi connectivity index (χ0n) is 11.0. The molecule has 1 aromatic carbocycles. The van der Waals surface area contributed by atoms with Crippen molar-refractivity contribution in [1.29, 1.82) is 0 Å². The van der Waals surface area contributed by atoms with Gasteiger partial charge in [-0.15, -0.1) is 0 Å². The summed E-state index contributed by atoms with van der Waals surface area (Å²) in [6.45, 7) is 0.471. The second-order valence-electron chi connectivity index (χ2n) is 5.17. The van der Waals surface area contributed by atoms with Crippen LogP contribution in [0, 0.1) is 0 Å². The largest absolute Gasteiger partial charge is 0.389 e. The zero-order valence-corrected chi connectivity index (χ0v) is 11.0. The number of aliphatic hydroxyl groups is 5. The molecular weight excluding hydrogens is 262 g/mol. The van der Waals surface area contributed by atoms with Crippen LogP contribution in [0.3, 0.4) is 0 Å². The van der Waals surface area contributed by atoms with Gasteiger partial charge in [0.15, 0.2) is 0 Å². The van der Waals surface area contributed by atoms with Crippen LogP contribution in [-0.4, -0.2) is 68.6 Å². The molecule has 6 N–H and O–H groups in total. The average molecular weight is 283 g/mol. The standard InChI is InChI=1S/C14H21NO5/c16-10-9(11(17)13(19)14(20)12(10)18)15-7-6-8-4-2-1-3-5-8/h1-5,9-20H,6-7H2/t9?,10-,11-,12-,13+,14?/m0/s1. The van der Waals surface area contributed by atoms with Crippen molar-refractivity contribution in [3.8, 4) is 0 Å². The van der Waals surface area contributed by atoms with Gasteiger partial charge in [-0.05, 0) is 18.5 Å². The van der Waals surface area contributed by atoms with Crippen molar-refractivity contribution in [2.75, 3.05) is 6.54 Å². The van der Waals surface area contributed by atoms with Gasteiger partial charge in [-0.2, -0.15) is 0 Å². The van der Waals surface area contributed by atoms with Gasteiger partial charge in [0.1, 0.15) is 30.5 Å². The van der Waals surface area contributed by atoms with Crippen LogP contribution in [0.1, 0.15) is 5.56 Å². The Labute approximate surface area is 117 Å². The molecule has 2 rings (SSSR count). The van der Waals surface area contributed by atoms with Crippen LogP contribution in [0.25, 0.3) is 0 Å². The van der Waals surface area contributed by atoms with E-state index < -0.39 is 36.6 Å². The van der Waals surface area contributed by atoms with Gasteiger partial charge in [0.2, 0.25) is 0 Å². The van der Waals surface area contributed by atoms with Crippen molar-refractivity contribution in [3.05, 3.63) is 35.9 Å². The minimum absolute atomic E-state index is 0.471.